The minimum Gasteiger partial charge on any atom is -0.367 e. The average molecular weight is 420 g/mol. The Bertz CT molecular complexity index is 848. The normalized spacial score (nSPS) is 19.1. The fourth-order valence-corrected chi connectivity index (χ4v) is 5.16. The van der Waals surface area contributed by atoms with Gasteiger partial charge in [-0.25, -0.2) is 0 Å². The summed E-state index contributed by atoms with van der Waals surface area (Å²) in [5.74, 6) is 0.0422. The van der Waals surface area contributed by atoms with Crippen LogP contribution in [-0.4, -0.2) is 43.0 Å². The van der Waals surface area contributed by atoms with Crippen LogP contribution in [0.4, 0.5) is 5.69 Å². The van der Waals surface area contributed by atoms with Crippen LogP contribution in [0.5, 0.6) is 0 Å². The predicted octanol–water partition coefficient (Wildman–Crippen LogP) is 5.02. The maximum absolute atomic E-state index is 12.5. The van der Waals surface area contributed by atoms with Crippen molar-refractivity contribution < 1.29 is 4.79 Å². The van der Waals surface area contributed by atoms with E-state index in [-0.39, 0.29) is 5.91 Å². The molecule has 2 aromatic rings. The molecule has 0 bridgehead atoms. The molecule has 4 rings (SSSR count). The molecule has 2 aromatic carbocycles. The number of nitrogens with zero attached hydrogens (tertiary/aromatic N) is 2. The SMILES string of the molecule is CCC1CCCCN1CCCNC(=O)c1ccc(CN2CCCc3ccccc32)cc1. The van der Waals surface area contributed by atoms with Crippen molar-refractivity contribution in [3.05, 3.63) is 65.2 Å². The summed E-state index contributed by atoms with van der Waals surface area (Å²) >= 11 is 0. The first-order valence-electron chi connectivity index (χ1n) is 12.2. The Morgan fingerprint density at radius 3 is 2.71 bits per heavy atom. The Morgan fingerprint density at radius 2 is 1.87 bits per heavy atom. The third-order valence-corrected chi connectivity index (χ3v) is 6.92. The molecule has 0 aliphatic carbocycles. The Hall–Kier alpha value is -2.33. The van der Waals surface area contributed by atoms with Crippen molar-refractivity contribution in [3.8, 4) is 0 Å². The largest absolute Gasteiger partial charge is 0.367 e. The number of carbonyl (C=O) groups excluding carboxylic acids is 1. The van der Waals surface area contributed by atoms with E-state index in [1.54, 1.807) is 0 Å². The highest BCUT2D eigenvalue weighted by atomic mass is 16.1. The highest BCUT2D eigenvalue weighted by Crippen LogP contribution is 2.28. The van der Waals surface area contributed by atoms with Crippen molar-refractivity contribution in [2.24, 2.45) is 0 Å². The maximum atomic E-state index is 12.5. The molecular weight excluding hydrogens is 382 g/mol. The van der Waals surface area contributed by atoms with Crippen molar-refractivity contribution in [2.45, 2.75) is 64.5 Å². The maximum Gasteiger partial charge on any atom is 0.251 e. The average Bonchev–Trinajstić information content (AvgIpc) is 2.82. The fraction of sp³-hybridized carbons (Fsp3) is 0.519. The molecule has 31 heavy (non-hydrogen) atoms. The van der Waals surface area contributed by atoms with Crippen LogP contribution in [0.1, 0.15) is 66.9 Å². The Balaban J connectivity index is 1.24. The van der Waals surface area contributed by atoms with Gasteiger partial charge in [-0.05, 0) is 74.4 Å². The summed E-state index contributed by atoms with van der Waals surface area (Å²) in [6.07, 6.45) is 8.65. The number of amides is 1. The molecule has 1 saturated heterocycles. The molecule has 1 atom stereocenters. The predicted molar refractivity (Wildman–Crippen MR) is 129 cm³/mol. The van der Waals surface area contributed by atoms with Crippen LogP contribution in [0.25, 0.3) is 0 Å². The van der Waals surface area contributed by atoms with Crippen molar-refractivity contribution in [1.82, 2.24) is 10.2 Å². The smallest absolute Gasteiger partial charge is 0.251 e. The van der Waals surface area contributed by atoms with Gasteiger partial charge in [0.1, 0.15) is 0 Å². The first kappa shape index (κ1) is 21.9. The number of benzene rings is 2. The summed E-state index contributed by atoms with van der Waals surface area (Å²) in [5.41, 5.74) is 4.81. The number of aryl methyl sites for hydroxylation is 1. The second-order valence-electron chi connectivity index (χ2n) is 9.05. The number of hydrogen-bond acceptors (Lipinski definition) is 3. The standard InChI is InChI=1S/C27H37N3O/c1-2-25-11-5-6-18-29(25)20-8-17-28-27(31)24-15-13-22(14-16-24)21-30-19-7-10-23-9-3-4-12-26(23)30/h3-4,9,12-16,25H,2,5-8,10-11,17-21H2,1H3,(H,28,31). The fourth-order valence-electron chi connectivity index (χ4n) is 5.16. The van der Waals surface area contributed by atoms with Crippen molar-refractivity contribution in [2.75, 3.05) is 31.1 Å². The lowest BCUT2D eigenvalue weighted by molar-refractivity contribution is 0.0947. The first-order valence-corrected chi connectivity index (χ1v) is 12.2. The van der Waals surface area contributed by atoms with E-state index in [4.69, 9.17) is 0 Å². The zero-order valence-electron chi connectivity index (χ0n) is 19.0. The molecule has 2 aliphatic rings. The molecule has 1 amide bonds. The number of fused-ring (bicyclic) bond motifs is 1. The molecule has 0 radical (unpaired) electrons. The first-order chi connectivity index (χ1) is 15.2. The number of piperidine rings is 1. The molecule has 0 aromatic heterocycles. The van der Waals surface area contributed by atoms with E-state index in [2.05, 4.69) is 58.4 Å². The number of para-hydroxylation sites is 1. The zero-order valence-corrected chi connectivity index (χ0v) is 19.0. The molecule has 1 fully saturated rings. The minimum absolute atomic E-state index is 0.0422. The monoisotopic (exact) mass is 419 g/mol. The van der Waals surface area contributed by atoms with Crippen LogP contribution in [0, 0.1) is 0 Å². The Morgan fingerprint density at radius 1 is 1.03 bits per heavy atom. The van der Waals surface area contributed by atoms with Crippen LogP contribution in [0.2, 0.25) is 0 Å². The van der Waals surface area contributed by atoms with Crippen molar-refractivity contribution in [3.63, 3.8) is 0 Å². The van der Waals surface area contributed by atoms with Gasteiger partial charge in [0.25, 0.3) is 5.91 Å². The lowest BCUT2D eigenvalue weighted by Crippen LogP contribution is -2.40. The van der Waals surface area contributed by atoms with Gasteiger partial charge in [0.2, 0.25) is 0 Å². The third kappa shape index (κ3) is 5.68. The molecule has 1 N–H and O–H groups in total. The second kappa shape index (κ2) is 10.8. The molecule has 0 spiro atoms. The van der Waals surface area contributed by atoms with Crippen LogP contribution in [-0.2, 0) is 13.0 Å². The third-order valence-electron chi connectivity index (χ3n) is 6.92. The van der Waals surface area contributed by atoms with Gasteiger partial charge >= 0.3 is 0 Å². The molecule has 2 aliphatic heterocycles. The van der Waals surface area contributed by atoms with E-state index in [0.29, 0.717) is 0 Å². The highest BCUT2D eigenvalue weighted by Gasteiger charge is 2.20. The van der Waals surface area contributed by atoms with E-state index >= 15 is 0 Å². The summed E-state index contributed by atoms with van der Waals surface area (Å²) in [4.78, 5) is 17.6. The van der Waals surface area contributed by atoms with Gasteiger partial charge in [0.15, 0.2) is 0 Å². The Labute approximate surface area is 187 Å². The molecule has 4 heteroatoms. The molecule has 2 heterocycles. The number of likely N-dealkylation sites (tertiary alicyclic amines) is 1. The van der Waals surface area contributed by atoms with Crippen LogP contribution < -0.4 is 10.2 Å². The van der Waals surface area contributed by atoms with Gasteiger partial charge in [-0.2, -0.15) is 0 Å². The quantitative estimate of drug-likeness (QED) is 0.610. The van der Waals surface area contributed by atoms with E-state index in [1.807, 2.05) is 12.1 Å². The number of carbonyl (C=O) groups is 1. The van der Waals surface area contributed by atoms with Gasteiger partial charge in [-0.1, -0.05) is 43.7 Å². The molecular formula is C27H37N3O. The number of anilines is 1. The van der Waals surface area contributed by atoms with E-state index in [0.717, 1.165) is 44.2 Å². The molecule has 1 unspecified atom stereocenters. The minimum atomic E-state index is 0.0422. The number of nitrogens with one attached hydrogen (secondary N) is 1. The van der Waals surface area contributed by atoms with Gasteiger partial charge in [0.05, 0.1) is 0 Å². The van der Waals surface area contributed by atoms with E-state index in [9.17, 15) is 4.79 Å². The van der Waals surface area contributed by atoms with Crippen molar-refractivity contribution >= 4 is 11.6 Å². The summed E-state index contributed by atoms with van der Waals surface area (Å²) in [6, 6.07) is 17.6. The summed E-state index contributed by atoms with van der Waals surface area (Å²) in [7, 11) is 0. The second-order valence-corrected chi connectivity index (χ2v) is 9.05. The van der Waals surface area contributed by atoms with Gasteiger partial charge in [0, 0.05) is 43.5 Å². The lowest BCUT2D eigenvalue weighted by Gasteiger charge is -2.35. The van der Waals surface area contributed by atoms with Crippen LogP contribution in [0.15, 0.2) is 48.5 Å². The number of hydrogen-bond donors (Lipinski definition) is 1. The molecule has 4 nitrogen and oxygen atoms in total. The number of rotatable bonds is 8. The summed E-state index contributed by atoms with van der Waals surface area (Å²) in [6.45, 7) is 7.34. The van der Waals surface area contributed by atoms with Gasteiger partial charge < -0.3 is 15.1 Å². The Kier molecular flexibility index (Phi) is 7.63. The summed E-state index contributed by atoms with van der Waals surface area (Å²) in [5, 5.41) is 3.11. The molecule has 0 saturated carbocycles. The van der Waals surface area contributed by atoms with Gasteiger partial charge in [-0.15, -0.1) is 0 Å². The highest BCUT2D eigenvalue weighted by molar-refractivity contribution is 5.94. The zero-order chi connectivity index (χ0) is 21.5. The molecule has 166 valence electrons. The summed E-state index contributed by atoms with van der Waals surface area (Å²) < 4.78 is 0. The van der Waals surface area contributed by atoms with E-state index < -0.39 is 0 Å². The van der Waals surface area contributed by atoms with Crippen LogP contribution >= 0.6 is 0 Å². The van der Waals surface area contributed by atoms with Gasteiger partial charge in [-0.3, -0.25) is 4.79 Å². The lowest BCUT2D eigenvalue weighted by atomic mass is 10.00. The van der Waals surface area contributed by atoms with Crippen molar-refractivity contribution in [1.29, 1.82) is 0 Å². The van der Waals surface area contributed by atoms with E-state index in [1.165, 1.54) is 61.9 Å². The van der Waals surface area contributed by atoms with Crippen LogP contribution in [0.3, 0.4) is 0 Å². The topological polar surface area (TPSA) is 35.6 Å².